The topological polar surface area (TPSA) is 122 Å². The second-order valence-electron chi connectivity index (χ2n) is 6.38. The van der Waals surface area contributed by atoms with E-state index >= 15 is 0 Å². The summed E-state index contributed by atoms with van der Waals surface area (Å²) >= 11 is 1.50. The Morgan fingerprint density at radius 2 is 2.10 bits per heavy atom. The fourth-order valence-electron chi connectivity index (χ4n) is 2.77. The molecule has 164 valence electrons. The van der Waals surface area contributed by atoms with Crippen LogP contribution >= 0.6 is 32.9 Å². The number of carboxylic acid groups (broad SMARTS) is 1. The van der Waals surface area contributed by atoms with Crippen LogP contribution in [-0.4, -0.2) is 69.0 Å². The predicted octanol–water partition coefficient (Wildman–Crippen LogP) is 2.00. The number of carboxylic acids is 1. The van der Waals surface area contributed by atoms with Gasteiger partial charge in [-0.05, 0) is 29.9 Å². The first kappa shape index (κ1) is 23.1. The fourth-order valence-corrected chi connectivity index (χ4v) is 5.70. The summed E-state index contributed by atoms with van der Waals surface area (Å²) in [5.74, 6) is -0.835. The number of carbonyl (C=O) groups is 3. The number of aliphatic carboxylic acids is 1. The molecule has 2 atom stereocenters. The molecule has 2 amide bonds. The summed E-state index contributed by atoms with van der Waals surface area (Å²) in [4.78, 5) is 36.8. The van der Waals surface area contributed by atoms with Crippen LogP contribution in [0.2, 0.25) is 0 Å². The monoisotopic (exact) mass is 480 g/mol. The van der Waals surface area contributed by atoms with Gasteiger partial charge in [-0.1, -0.05) is 52.5 Å². The van der Waals surface area contributed by atoms with Crippen LogP contribution in [-0.2, 0) is 14.4 Å². The number of amides is 2. The highest BCUT2D eigenvalue weighted by molar-refractivity contribution is 8.77. The number of para-hydroxylation sites is 1. The molecule has 31 heavy (non-hydrogen) atoms. The number of hydrogen-bond donors (Lipinski definition) is 2. The van der Waals surface area contributed by atoms with E-state index in [1.807, 2.05) is 19.1 Å². The highest BCUT2D eigenvalue weighted by atomic mass is 33.1. The summed E-state index contributed by atoms with van der Waals surface area (Å²) in [6.45, 7) is 1.22. The van der Waals surface area contributed by atoms with Crippen LogP contribution in [0.5, 0.6) is 5.75 Å². The molecule has 1 aromatic heterocycles. The lowest BCUT2D eigenvalue weighted by Crippen LogP contribution is -2.71. The van der Waals surface area contributed by atoms with Gasteiger partial charge < -0.3 is 20.1 Å². The first-order valence-corrected chi connectivity index (χ1v) is 12.3. The quantitative estimate of drug-likeness (QED) is 0.215. The number of β-lactam (4-membered cyclic amide) rings is 1. The van der Waals surface area contributed by atoms with Crippen molar-refractivity contribution in [3.05, 3.63) is 47.5 Å². The molecule has 0 saturated carbocycles. The first-order valence-electron chi connectivity index (χ1n) is 9.20. The summed E-state index contributed by atoms with van der Waals surface area (Å²) in [6.07, 6.45) is 3.59. The lowest BCUT2D eigenvalue weighted by molar-refractivity contribution is -0.157. The largest absolute Gasteiger partial charge is 0.484 e. The molecule has 1 aliphatic rings. The summed E-state index contributed by atoms with van der Waals surface area (Å²) in [5.41, 5.74) is 0. The van der Waals surface area contributed by atoms with Crippen LogP contribution in [0.3, 0.4) is 0 Å². The Morgan fingerprint density at radius 3 is 2.77 bits per heavy atom. The van der Waals surface area contributed by atoms with Crippen LogP contribution in [0.25, 0.3) is 0 Å². The van der Waals surface area contributed by atoms with Gasteiger partial charge in [0.1, 0.15) is 23.3 Å². The van der Waals surface area contributed by atoms with Gasteiger partial charge in [-0.3, -0.25) is 14.4 Å². The lowest BCUT2D eigenvalue weighted by Gasteiger charge is -2.45. The van der Waals surface area contributed by atoms with E-state index in [9.17, 15) is 14.4 Å². The predicted molar refractivity (Wildman–Crippen MR) is 119 cm³/mol. The number of aryl methyl sites for hydroxylation is 1. The van der Waals surface area contributed by atoms with Crippen molar-refractivity contribution < 1.29 is 24.2 Å². The van der Waals surface area contributed by atoms with Gasteiger partial charge in [-0.2, -0.15) is 0 Å². The smallest absolute Gasteiger partial charge is 0.323 e. The summed E-state index contributed by atoms with van der Waals surface area (Å²) < 4.78 is 6.24. The van der Waals surface area contributed by atoms with Crippen molar-refractivity contribution in [1.82, 2.24) is 20.4 Å². The number of aromatic nitrogens is 2. The van der Waals surface area contributed by atoms with E-state index in [0.29, 0.717) is 11.5 Å². The van der Waals surface area contributed by atoms with Gasteiger partial charge in [-0.15, -0.1) is 10.2 Å². The van der Waals surface area contributed by atoms with E-state index in [1.54, 1.807) is 41.1 Å². The third-order valence-corrected chi connectivity index (χ3v) is 7.48. The highest BCUT2D eigenvalue weighted by Crippen LogP contribution is 2.33. The van der Waals surface area contributed by atoms with Gasteiger partial charge in [-0.25, -0.2) is 0 Å². The zero-order chi connectivity index (χ0) is 22.2. The zero-order valence-corrected chi connectivity index (χ0v) is 18.9. The molecule has 2 unspecified atom stereocenters. The molecule has 2 heterocycles. The lowest BCUT2D eigenvalue weighted by atomic mass is 9.94. The molecule has 1 aromatic carbocycles. The molecule has 2 N–H and O–H groups in total. The van der Waals surface area contributed by atoms with Gasteiger partial charge in [0.2, 0.25) is 5.91 Å². The number of likely N-dealkylation sites (tertiary alicyclic amines) is 1. The Labute approximate surface area is 190 Å². The second kappa shape index (κ2) is 11.2. The van der Waals surface area contributed by atoms with Crippen molar-refractivity contribution in [2.45, 2.75) is 23.3 Å². The van der Waals surface area contributed by atoms with Crippen LogP contribution in [0.4, 0.5) is 0 Å². The van der Waals surface area contributed by atoms with E-state index in [-0.39, 0.29) is 6.61 Å². The van der Waals surface area contributed by atoms with Crippen LogP contribution in [0.1, 0.15) is 5.01 Å². The van der Waals surface area contributed by atoms with Gasteiger partial charge in [0.25, 0.3) is 5.91 Å². The Morgan fingerprint density at radius 1 is 1.32 bits per heavy atom. The Bertz CT molecular complexity index is 953. The minimum Gasteiger partial charge on any atom is -0.484 e. The summed E-state index contributed by atoms with van der Waals surface area (Å²) in [7, 11) is 3.04. The maximum absolute atomic E-state index is 12.3. The SMILES string of the molecule is Cc1nnc(SSCC=CC2C(NC(=O)COc3ccccc3)C(=O)N2CC(=O)O)s1. The molecular weight excluding hydrogens is 460 g/mol. The van der Waals surface area contributed by atoms with Crippen molar-refractivity contribution in [3.63, 3.8) is 0 Å². The number of rotatable bonds is 11. The Kier molecular flexibility index (Phi) is 8.32. The van der Waals surface area contributed by atoms with E-state index < -0.39 is 36.4 Å². The number of nitrogens with one attached hydrogen (secondary N) is 1. The molecule has 9 nitrogen and oxygen atoms in total. The van der Waals surface area contributed by atoms with E-state index in [2.05, 4.69) is 15.5 Å². The van der Waals surface area contributed by atoms with Crippen LogP contribution in [0.15, 0.2) is 46.8 Å². The molecule has 1 aliphatic heterocycles. The molecule has 1 saturated heterocycles. The number of nitrogens with zero attached hydrogens (tertiary/aromatic N) is 3. The van der Waals surface area contributed by atoms with Crippen molar-refractivity contribution in [3.8, 4) is 5.75 Å². The van der Waals surface area contributed by atoms with Crippen molar-refractivity contribution in [1.29, 1.82) is 0 Å². The van der Waals surface area contributed by atoms with Crippen LogP contribution < -0.4 is 10.1 Å². The molecule has 1 fully saturated rings. The number of carbonyl (C=O) groups excluding carboxylic acids is 2. The van der Waals surface area contributed by atoms with E-state index in [0.717, 1.165) is 9.35 Å². The molecule has 0 bridgehead atoms. The van der Waals surface area contributed by atoms with Crippen molar-refractivity contribution in [2.75, 3.05) is 18.9 Å². The third kappa shape index (κ3) is 6.71. The molecular formula is C19H20N4O5S3. The third-order valence-electron chi connectivity index (χ3n) is 4.12. The van der Waals surface area contributed by atoms with E-state index in [1.165, 1.54) is 27.0 Å². The van der Waals surface area contributed by atoms with Crippen molar-refractivity contribution in [2.24, 2.45) is 0 Å². The van der Waals surface area contributed by atoms with Crippen molar-refractivity contribution >= 4 is 50.7 Å². The van der Waals surface area contributed by atoms with E-state index in [4.69, 9.17) is 9.84 Å². The van der Waals surface area contributed by atoms with Gasteiger partial charge in [0.05, 0.1) is 6.04 Å². The summed E-state index contributed by atoms with van der Waals surface area (Å²) in [5, 5.41) is 20.6. The number of ether oxygens (including phenoxy) is 1. The maximum Gasteiger partial charge on any atom is 0.323 e. The first-order chi connectivity index (χ1) is 14.9. The molecule has 2 aromatic rings. The van der Waals surface area contributed by atoms with Crippen LogP contribution in [0, 0.1) is 6.92 Å². The number of hydrogen-bond acceptors (Lipinski definition) is 9. The minimum absolute atomic E-state index is 0.239. The normalized spacial score (nSPS) is 18.1. The standard InChI is InChI=1S/C19H20N4O5S3/c1-12-21-22-19(30-12)31-29-9-5-8-14-17(18(27)23(14)10-16(25)26)20-15(24)11-28-13-6-3-2-4-7-13/h2-8,14,17H,9-11H2,1H3,(H,20,24)(H,25,26). The molecule has 0 spiro atoms. The van der Waals surface area contributed by atoms with Gasteiger partial charge in [0.15, 0.2) is 10.9 Å². The number of benzene rings is 1. The van der Waals surface area contributed by atoms with Gasteiger partial charge in [0, 0.05) is 5.75 Å². The maximum atomic E-state index is 12.3. The second-order valence-corrected chi connectivity index (χ2v) is 10.1. The molecule has 0 aliphatic carbocycles. The molecule has 0 radical (unpaired) electrons. The zero-order valence-electron chi connectivity index (χ0n) is 16.5. The minimum atomic E-state index is -1.11. The average molecular weight is 481 g/mol. The Hall–Kier alpha value is -2.57. The summed E-state index contributed by atoms with van der Waals surface area (Å²) in [6, 6.07) is 7.51. The van der Waals surface area contributed by atoms with Gasteiger partial charge >= 0.3 is 5.97 Å². The molecule has 12 heteroatoms. The Balaban J connectivity index is 1.51. The average Bonchev–Trinajstić information content (AvgIpc) is 3.18. The fraction of sp³-hybridized carbons (Fsp3) is 0.316. The highest BCUT2D eigenvalue weighted by Gasteiger charge is 2.47. The molecule has 3 rings (SSSR count).